The van der Waals surface area contributed by atoms with E-state index in [9.17, 15) is 8.42 Å². The standard InChI is InChI=1S/C15H19BrN2O2S/c1-11(2)8-13(16)10-18-21(19,20)15-5-3-4-12-9-17-7-6-14(12)15/h3-7,9,11,13,18H,8,10H2,1-2H3. The molecule has 4 nitrogen and oxygen atoms in total. The Morgan fingerprint density at radius 3 is 2.76 bits per heavy atom. The van der Waals surface area contributed by atoms with Crippen LogP contribution in [-0.4, -0.2) is 24.8 Å². The Balaban J connectivity index is 2.22. The number of nitrogens with zero attached hydrogens (tertiary/aromatic N) is 1. The molecule has 2 rings (SSSR count). The van der Waals surface area contributed by atoms with Crippen molar-refractivity contribution in [2.45, 2.75) is 30.0 Å². The van der Waals surface area contributed by atoms with Crippen LogP contribution in [0.15, 0.2) is 41.6 Å². The average Bonchev–Trinajstić information content (AvgIpc) is 2.44. The Kier molecular flexibility index (Phi) is 5.35. The van der Waals surface area contributed by atoms with Crippen molar-refractivity contribution in [3.63, 3.8) is 0 Å². The first kappa shape index (κ1) is 16.4. The van der Waals surface area contributed by atoms with E-state index in [0.717, 1.165) is 11.8 Å². The van der Waals surface area contributed by atoms with E-state index >= 15 is 0 Å². The van der Waals surface area contributed by atoms with Crippen molar-refractivity contribution in [3.8, 4) is 0 Å². The second-order valence-electron chi connectivity index (χ2n) is 5.43. The zero-order valence-electron chi connectivity index (χ0n) is 12.1. The number of halogens is 1. The first-order valence-corrected chi connectivity index (χ1v) is 9.26. The second-order valence-corrected chi connectivity index (χ2v) is 8.46. The number of alkyl halides is 1. The van der Waals surface area contributed by atoms with E-state index in [0.29, 0.717) is 22.7 Å². The van der Waals surface area contributed by atoms with Crippen LogP contribution in [0.25, 0.3) is 10.8 Å². The van der Waals surface area contributed by atoms with Gasteiger partial charge >= 0.3 is 0 Å². The minimum Gasteiger partial charge on any atom is -0.264 e. The van der Waals surface area contributed by atoms with Gasteiger partial charge in [-0.25, -0.2) is 13.1 Å². The summed E-state index contributed by atoms with van der Waals surface area (Å²) in [4.78, 5) is 4.45. The van der Waals surface area contributed by atoms with Crippen molar-refractivity contribution in [2.24, 2.45) is 5.92 Å². The molecule has 0 spiro atoms. The fourth-order valence-electron chi connectivity index (χ4n) is 2.20. The van der Waals surface area contributed by atoms with E-state index in [2.05, 4.69) is 39.5 Å². The third-order valence-electron chi connectivity index (χ3n) is 3.15. The molecule has 21 heavy (non-hydrogen) atoms. The lowest BCUT2D eigenvalue weighted by atomic mass is 10.1. The van der Waals surface area contributed by atoms with E-state index in [-0.39, 0.29) is 4.83 Å². The Morgan fingerprint density at radius 2 is 2.05 bits per heavy atom. The fourth-order valence-corrected chi connectivity index (χ4v) is 4.63. The molecule has 0 aliphatic carbocycles. The highest BCUT2D eigenvalue weighted by molar-refractivity contribution is 9.09. The third kappa shape index (κ3) is 4.25. The van der Waals surface area contributed by atoms with Crippen molar-refractivity contribution in [2.75, 3.05) is 6.54 Å². The van der Waals surface area contributed by atoms with Gasteiger partial charge in [-0.2, -0.15) is 0 Å². The third-order valence-corrected chi connectivity index (χ3v) is 5.33. The van der Waals surface area contributed by atoms with Crippen LogP contribution in [0.5, 0.6) is 0 Å². The summed E-state index contributed by atoms with van der Waals surface area (Å²) in [7, 11) is -3.53. The van der Waals surface area contributed by atoms with Gasteiger partial charge in [0.05, 0.1) is 4.90 Å². The quantitative estimate of drug-likeness (QED) is 0.793. The SMILES string of the molecule is CC(C)CC(Br)CNS(=O)(=O)c1cccc2cnccc12. The minimum absolute atomic E-state index is 0.129. The molecule has 0 fully saturated rings. The summed E-state index contributed by atoms with van der Waals surface area (Å²) in [5.41, 5.74) is 0. The number of fused-ring (bicyclic) bond motifs is 1. The smallest absolute Gasteiger partial charge is 0.241 e. The van der Waals surface area contributed by atoms with Crippen molar-refractivity contribution in [1.82, 2.24) is 9.71 Å². The molecule has 0 aliphatic heterocycles. The molecule has 1 heterocycles. The molecule has 0 saturated carbocycles. The molecule has 0 bridgehead atoms. The molecular weight excluding hydrogens is 352 g/mol. The van der Waals surface area contributed by atoms with Gasteiger partial charge in [0.2, 0.25) is 10.0 Å². The van der Waals surface area contributed by atoms with E-state index in [1.165, 1.54) is 0 Å². The maximum Gasteiger partial charge on any atom is 0.241 e. The summed E-state index contributed by atoms with van der Waals surface area (Å²) in [5.74, 6) is 0.516. The molecule has 0 radical (unpaired) electrons. The number of benzene rings is 1. The molecule has 1 N–H and O–H groups in total. The van der Waals surface area contributed by atoms with Crippen LogP contribution in [0.1, 0.15) is 20.3 Å². The molecule has 114 valence electrons. The monoisotopic (exact) mass is 370 g/mol. The molecule has 1 unspecified atom stereocenters. The summed E-state index contributed by atoms with van der Waals surface area (Å²) in [6.45, 7) is 4.60. The van der Waals surface area contributed by atoms with Crippen LogP contribution in [0, 0.1) is 5.92 Å². The van der Waals surface area contributed by atoms with Crippen molar-refractivity contribution < 1.29 is 8.42 Å². The lowest BCUT2D eigenvalue weighted by Crippen LogP contribution is -2.30. The van der Waals surface area contributed by atoms with Gasteiger partial charge in [-0.1, -0.05) is 41.9 Å². The van der Waals surface area contributed by atoms with Crippen LogP contribution in [0.4, 0.5) is 0 Å². The zero-order chi connectivity index (χ0) is 15.5. The fraction of sp³-hybridized carbons (Fsp3) is 0.400. The number of aromatic nitrogens is 1. The second kappa shape index (κ2) is 6.85. The molecule has 2 aromatic rings. The van der Waals surface area contributed by atoms with E-state index < -0.39 is 10.0 Å². The summed E-state index contributed by atoms with van der Waals surface area (Å²) >= 11 is 3.52. The van der Waals surface area contributed by atoms with Gasteiger partial charge in [0.1, 0.15) is 0 Å². The van der Waals surface area contributed by atoms with Crippen molar-refractivity contribution in [3.05, 3.63) is 36.7 Å². The number of rotatable bonds is 6. The minimum atomic E-state index is -3.53. The predicted octanol–water partition coefficient (Wildman–Crippen LogP) is 3.32. The molecule has 0 saturated heterocycles. The van der Waals surface area contributed by atoms with E-state index in [1.807, 2.05) is 6.07 Å². The van der Waals surface area contributed by atoms with E-state index in [1.54, 1.807) is 30.6 Å². The van der Waals surface area contributed by atoms with E-state index in [4.69, 9.17) is 0 Å². The van der Waals surface area contributed by atoms with Gasteiger partial charge in [0.25, 0.3) is 0 Å². The lowest BCUT2D eigenvalue weighted by molar-refractivity contribution is 0.551. The number of hydrogen-bond acceptors (Lipinski definition) is 3. The molecule has 0 amide bonds. The highest BCUT2D eigenvalue weighted by Crippen LogP contribution is 2.22. The largest absolute Gasteiger partial charge is 0.264 e. The summed E-state index contributed by atoms with van der Waals surface area (Å²) in [6.07, 6.45) is 4.19. The number of hydrogen-bond donors (Lipinski definition) is 1. The zero-order valence-corrected chi connectivity index (χ0v) is 14.5. The van der Waals surface area contributed by atoms with Crippen LogP contribution >= 0.6 is 15.9 Å². The molecule has 1 aromatic heterocycles. The first-order chi connectivity index (χ1) is 9.90. The lowest BCUT2D eigenvalue weighted by Gasteiger charge is -2.14. The predicted molar refractivity (Wildman–Crippen MR) is 89.1 cm³/mol. The Hall–Kier alpha value is -0.980. The maximum atomic E-state index is 12.5. The molecule has 1 aromatic carbocycles. The van der Waals surface area contributed by atoms with Gasteiger partial charge in [-0.05, 0) is 24.5 Å². The molecule has 1 atom stereocenters. The van der Waals surface area contributed by atoms with Crippen molar-refractivity contribution >= 4 is 36.7 Å². The summed E-state index contributed by atoms with van der Waals surface area (Å²) in [6, 6.07) is 6.94. The number of sulfonamides is 1. The summed E-state index contributed by atoms with van der Waals surface area (Å²) < 4.78 is 27.6. The topological polar surface area (TPSA) is 59.1 Å². The number of pyridine rings is 1. The summed E-state index contributed by atoms with van der Waals surface area (Å²) in [5, 5.41) is 1.51. The van der Waals surface area contributed by atoms with Crippen molar-refractivity contribution in [1.29, 1.82) is 0 Å². The van der Waals surface area contributed by atoms with Crippen LogP contribution in [-0.2, 0) is 10.0 Å². The highest BCUT2D eigenvalue weighted by Gasteiger charge is 2.18. The van der Waals surface area contributed by atoms with Crippen LogP contribution < -0.4 is 4.72 Å². The normalized spacial score (nSPS) is 13.7. The van der Waals surface area contributed by atoms with Gasteiger partial charge < -0.3 is 0 Å². The van der Waals surface area contributed by atoms with Crippen LogP contribution in [0.3, 0.4) is 0 Å². The molecule has 6 heteroatoms. The highest BCUT2D eigenvalue weighted by atomic mass is 79.9. The maximum absolute atomic E-state index is 12.5. The average molecular weight is 371 g/mol. The molecular formula is C15H19BrN2O2S. The Labute approximate surface area is 134 Å². The van der Waals surface area contributed by atoms with Gasteiger partial charge in [-0.3, -0.25) is 4.98 Å². The first-order valence-electron chi connectivity index (χ1n) is 6.86. The van der Waals surface area contributed by atoms with Gasteiger partial charge in [0.15, 0.2) is 0 Å². The Morgan fingerprint density at radius 1 is 1.29 bits per heavy atom. The number of nitrogens with one attached hydrogen (secondary N) is 1. The molecule has 0 aliphatic rings. The van der Waals surface area contributed by atoms with Gasteiger partial charge in [-0.15, -0.1) is 0 Å². The Bertz CT molecular complexity index is 711. The van der Waals surface area contributed by atoms with Gasteiger partial charge in [0, 0.05) is 34.5 Å². The van der Waals surface area contributed by atoms with Crippen LogP contribution in [0.2, 0.25) is 0 Å².